The van der Waals surface area contributed by atoms with E-state index in [0.29, 0.717) is 17.9 Å². The topological polar surface area (TPSA) is 102 Å². The van der Waals surface area contributed by atoms with Crippen molar-refractivity contribution in [3.05, 3.63) is 71.8 Å². The summed E-state index contributed by atoms with van der Waals surface area (Å²) in [5, 5.41) is 3.32. The largest absolute Gasteiger partial charge is 0.378 e. The van der Waals surface area contributed by atoms with Gasteiger partial charge in [0.1, 0.15) is 5.82 Å². The lowest BCUT2D eigenvalue weighted by Gasteiger charge is -2.10. The Labute approximate surface area is 181 Å². The molecule has 31 heavy (non-hydrogen) atoms. The van der Waals surface area contributed by atoms with Gasteiger partial charge in [0.2, 0.25) is 5.95 Å². The van der Waals surface area contributed by atoms with Crippen molar-refractivity contribution in [2.45, 2.75) is 38.8 Å². The van der Waals surface area contributed by atoms with E-state index < -0.39 is 10.0 Å². The van der Waals surface area contributed by atoms with Crippen LogP contribution in [0.3, 0.4) is 0 Å². The van der Waals surface area contributed by atoms with Crippen molar-refractivity contribution in [2.75, 3.05) is 10.0 Å². The summed E-state index contributed by atoms with van der Waals surface area (Å²) in [6.07, 6.45) is 0. The van der Waals surface area contributed by atoms with Gasteiger partial charge in [0.05, 0.1) is 22.5 Å². The third-order valence-electron chi connectivity index (χ3n) is 4.87. The molecule has 0 amide bonds. The summed E-state index contributed by atoms with van der Waals surface area (Å²) < 4.78 is 29.9. The van der Waals surface area contributed by atoms with Crippen molar-refractivity contribution in [2.24, 2.45) is 0 Å². The maximum absolute atomic E-state index is 12.7. The minimum absolute atomic E-state index is 0.0677. The quantitative estimate of drug-likeness (QED) is 0.456. The van der Waals surface area contributed by atoms with E-state index in [1.165, 1.54) is 0 Å². The van der Waals surface area contributed by atoms with Gasteiger partial charge in [-0.2, -0.15) is 0 Å². The molecule has 4 aromatic rings. The lowest BCUT2D eigenvalue weighted by atomic mass is 10.3. The van der Waals surface area contributed by atoms with Gasteiger partial charge in [-0.05, 0) is 63.2 Å². The van der Waals surface area contributed by atoms with Crippen LogP contribution in [0.1, 0.15) is 24.1 Å². The fraction of sp³-hybridized carbons (Fsp3) is 0.227. The normalized spacial score (nSPS) is 11.6. The first kappa shape index (κ1) is 20.8. The van der Waals surface area contributed by atoms with Crippen LogP contribution in [0.2, 0.25) is 0 Å². The van der Waals surface area contributed by atoms with Gasteiger partial charge in [0.15, 0.2) is 0 Å². The number of aryl methyl sites for hydroxylation is 3. The van der Waals surface area contributed by atoms with Crippen molar-refractivity contribution in [3.8, 4) is 0 Å². The zero-order valence-corrected chi connectivity index (χ0v) is 18.4. The molecule has 2 aromatic carbocycles. The number of nitrogens with one attached hydrogen (secondary N) is 2. The summed E-state index contributed by atoms with van der Waals surface area (Å²) in [6.45, 7) is 7.02. The molecule has 160 valence electrons. The minimum atomic E-state index is -3.78. The number of fused-ring (bicyclic) bond motifs is 1. The second-order valence-electron chi connectivity index (χ2n) is 7.22. The molecule has 0 aliphatic heterocycles. The number of para-hydroxylation sites is 2. The van der Waals surface area contributed by atoms with E-state index in [4.69, 9.17) is 4.98 Å². The Morgan fingerprint density at radius 2 is 1.61 bits per heavy atom. The standard InChI is InChI=1S/C22H24N6O2S/c1-4-28-20-8-6-5-7-19(20)26-21(28)14-23-17-9-11-18(12-10-17)31(29,30)27-22-24-15(2)13-16(3)25-22/h5-13,23H,4,14H2,1-3H3,(H,24,25,27). The van der Waals surface area contributed by atoms with Crippen LogP contribution >= 0.6 is 0 Å². The van der Waals surface area contributed by atoms with Crippen LogP contribution in [0.5, 0.6) is 0 Å². The molecular weight excluding hydrogens is 412 g/mol. The molecule has 0 radical (unpaired) electrons. The lowest BCUT2D eigenvalue weighted by Crippen LogP contribution is -2.15. The first-order valence-corrected chi connectivity index (χ1v) is 11.5. The highest BCUT2D eigenvalue weighted by Gasteiger charge is 2.16. The maximum atomic E-state index is 12.7. The first-order chi connectivity index (χ1) is 14.9. The van der Waals surface area contributed by atoms with Gasteiger partial charge in [-0.3, -0.25) is 0 Å². The summed E-state index contributed by atoms with van der Waals surface area (Å²) in [6, 6.07) is 16.4. The van der Waals surface area contributed by atoms with E-state index in [-0.39, 0.29) is 10.8 Å². The van der Waals surface area contributed by atoms with Crippen LogP contribution in [0, 0.1) is 13.8 Å². The molecule has 4 rings (SSSR count). The van der Waals surface area contributed by atoms with Crippen molar-refractivity contribution < 1.29 is 8.42 Å². The van der Waals surface area contributed by atoms with Crippen LogP contribution < -0.4 is 10.0 Å². The molecule has 0 aliphatic carbocycles. The highest BCUT2D eigenvalue weighted by atomic mass is 32.2. The number of rotatable bonds is 7. The molecule has 2 N–H and O–H groups in total. The van der Waals surface area contributed by atoms with Crippen molar-refractivity contribution in [3.63, 3.8) is 0 Å². The zero-order valence-electron chi connectivity index (χ0n) is 17.6. The van der Waals surface area contributed by atoms with Crippen molar-refractivity contribution in [1.82, 2.24) is 19.5 Å². The van der Waals surface area contributed by atoms with Gasteiger partial charge in [-0.1, -0.05) is 12.1 Å². The third kappa shape index (κ3) is 4.51. The Bertz CT molecular complexity index is 1310. The molecule has 0 bridgehead atoms. The molecule has 9 heteroatoms. The number of hydrogen-bond acceptors (Lipinski definition) is 6. The van der Waals surface area contributed by atoms with E-state index in [0.717, 1.165) is 29.1 Å². The van der Waals surface area contributed by atoms with E-state index in [2.05, 4.69) is 37.6 Å². The molecule has 2 aromatic heterocycles. The number of benzene rings is 2. The van der Waals surface area contributed by atoms with Gasteiger partial charge in [0, 0.05) is 23.6 Å². The molecule has 0 saturated heterocycles. The highest BCUT2D eigenvalue weighted by molar-refractivity contribution is 7.92. The van der Waals surface area contributed by atoms with Gasteiger partial charge >= 0.3 is 0 Å². The summed E-state index contributed by atoms with van der Waals surface area (Å²) in [7, 11) is -3.78. The molecule has 0 spiro atoms. The summed E-state index contributed by atoms with van der Waals surface area (Å²) in [4.78, 5) is 13.1. The molecule has 0 unspecified atom stereocenters. The second kappa shape index (κ2) is 8.35. The van der Waals surface area contributed by atoms with Gasteiger partial charge < -0.3 is 9.88 Å². The Kier molecular flexibility index (Phi) is 5.60. The van der Waals surface area contributed by atoms with Gasteiger partial charge in [-0.25, -0.2) is 28.1 Å². The number of aromatic nitrogens is 4. The Morgan fingerprint density at radius 1 is 0.935 bits per heavy atom. The molecule has 2 heterocycles. The highest BCUT2D eigenvalue weighted by Crippen LogP contribution is 2.19. The second-order valence-corrected chi connectivity index (χ2v) is 8.90. The average molecular weight is 437 g/mol. The number of sulfonamides is 1. The SMILES string of the molecule is CCn1c(CNc2ccc(S(=O)(=O)Nc3nc(C)cc(C)n3)cc2)nc2ccccc21. The predicted octanol–water partition coefficient (Wildman–Crippen LogP) is 3.88. The van der Waals surface area contributed by atoms with Crippen LogP contribution in [-0.4, -0.2) is 27.9 Å². The van der Waals surface area contributed by atoms with E-state index in [1.807, 2.05) is 18.2 Å². The van der Waals surface area contributed by atoms with Crippen molar-refractivity contribution in [1.29, 1.82) is 0 Å². The fourth-order valence-corrected chi connectivity index (χ4v) is 4.44. The molecular formula is C22H24N6O2S. The number of anilines is 2. The van der Waals surface area contributed by atoms with Gasteiger partial charge in [0.25, 0.3) is 10.0 Å². The first-order valence-electron chi connectivity index (χ1n) is 9.99. The average Bonchev–Trinajstić information content (AvgIpc) is 3.09. The third-order valence-corrected chi connectivity index (χ3v) is 6.22. The fourth-order valence-electron chi connectivity index (χ4n) is 3.50. The van der Waals surface area contributed by atoms with Gasteiger partial charge in [-0.15, -0.1) is 0 Å². The van der Waals surface area contributed by atoms with Crippen LogP contribution in [0.4, 0.5) is 11.6 Å². The molecule has 0 fully saturated rings. The summed E-state index contributed by atoms with van der Waals surface area (Å²) >= 11 is 0. The number of nitrogens with zero attached hydrogens (tertiary/aromatic N) is 4. The predicted molar refractivity (Wildman–Crippen MR) is 121 cm³/mol. The monoisotopic (exact) mass is 436 g/mol. The molecule has 0 atom stereocenters. The summed E-state index contributed by atoms with van der Waals surface area (Å²) in [5.41, 5.74) is 4.26. The van der Waals surface area contributed by atoms with Crippen LogP contribution in [0.25, 0.3) is 11.0 Å². The molecule has 0 saturated carbocycles. The van der Waals surface area contributed by atoms with Crippen LogP contribution in [0.15, 0.2) is 59.5 Å². The van der Waals surface area contributed by atoms with Crippen molar-refractivity contribution >= 4 is 32.7 Å². The Balaban J connectivity index is 1.48. The summed E-state index contributed by atoms with van der Waals surface area (Å²) in [5.74, 6) is 0.993. The Hall–Kier alpha value is -3.46. The molecule has 0 aliphatic rings. The Morgan fingerprint density at radius 3 is 2.29 bits per heavy atom. The number of hydrogen-bond donors (Lipinski definition) is 2. The smallest absolute Gasteiger partial charge is 0.264 e. The van der Waals surface area contributed by atoms with E-state index in [9.17, 15) is 8.42 Å². The molecule has 8 nitrogen and oxygen atoms in total. The number of imidazole rings is 1. The van der Waals surface area contributed by atoms with E-state index >= 15 is 0 Å². The van der Waals surface area contributed by atoms with E-state index in [1.54, 1.807) is 44.2 Å². The maximum Gasteiger partial charge on any atom is 0.264 e. The lowest BCUT2D eigenvalue weighted by molar-refractivity contribution is 0.601. The van der Waals surface area contributed by atoms with Crippen LogP contribution in [-0.2, 0) is 23.1 Å². The zero-order chi connectivity index (χ0) is 22.0. The minimum Gasteiger partial charge on any atom is -0.378 e.